The highest BCUT2D eigenvalue weighted by atomic mass is 19.1. The van der Waals surface area contributed by atoms with Gasteiger partial charge in [-0.3, -0.25) is 9.59 Å². The van der Waals surface area contributed by atoms with Crippen LogP contribution in [-0.2, 0) is 9.59 Å². The molecule has 1 saturated carbocycles. The molecule has 1 aromatic carbocycles. The molecule has 4 N–H and O–H groups in total. The molecule has 2 amide bonds. The quantitative estimate of drug-likeness (QED) is 0.687. The summed E-state index contributed by atoms with van der Waals surface area (Å²) in [6.07, 6.45) is 2.23. The highest BCUT2D eigenvalue weighted by molar-refractivity contribution is 5.95. The molecular weight excluding hydrogens is 277 g/mol. The van der Waals surface area contributed by atoms with Crippen LogP contribution >= 0.6 is 0 Å². The first-order valence-electron chi connectivity index (χ1n) is 6.77. The van der Waals surface area contributed by atoms with Crippen molar-refractivity contribution in [3.63, 3.8) is 0 Å². The van der Waals surface area contributed by atoms with E-state index in [1.165, 1.54) is 18.2 Å². The van der Waals surface area contributed by atoms with E-state index in [0.29, 0.717) is 24.0 Å². The van der Waals surface area contributed by atoms with E-state index >= 15 is 0 Å². The minimum Gasteiger partial charge on any atom is -0.491 e. The van der Waals surface area contributed by atoms with E-state index in [1.54, 1.807) is 0 Å². The zero-order valence-electron chi connectivity index (χ0n) is 11.5. The molecule has 6 nitrogen and oxygen atoms in total. The second kappa shape index (κ2) is 7.03. The first-order valence-corrected chi connectivity index (χ1v) is 6.77. The Bertz CT molecular complexity index is 532. The lowest BCUT2D eigenvalue weighted by Crippen LogP contribution is -2.36. The van der Waals surface area contributed by atoms with Crippen molar-refractivity contribution in [2.75, 3.05) is 25.0 Å². The molecule has 1 aliphatic rings. The van der Waals surface area contributed by atoms with Gasteiger partial charge in [-0.2, -0.15) is 0 Å². The average Bonchev–Trinajstić information content (AvgIpc) is 3.29. The Hall–Kier alpha value is -2.15. The number of anilines is 1. The van der Waals surface area contributed by atoms with Gasteiger partial charge >= 0.3 is 0 Å². The zero-order valence-corrected chi connectivity index (χ0v) is 11.5. The highest BCUT2D eigenvalue weighted by Gasteiger charge is 2.22. The van der Waals surface area contributed by atoms with Gasteiger partial charge in [0.05, 0.1) is 25.4 Å². The lowest BCUT2D eigenvalue weighted by molar-refractivity contribution is -0.123. The fraction of sp³-hybridized carbons (Fsp3) is 0.429. The standard InChI is InChI=1S/C14H18FN3O3/c15-10-3-4-11(12(5-10)21-8-9-1-2-9)18-14(20)7-17-13(19)6-16/h3-5,9H,1-2,6-8,16H2,(H,17,19)(H,18,20). The Labute approximate surface area is 121 Å². The normalized spacial score (nSPS) is 13.6. The number of hydrogen-bond donors (Lipinski definition) is 3. The summed E-state index contributed by atoms with van der Waals surface area (Å²) in [5, 5.41) is 4.93. The van der Waals surface area contributed by atoms with Crippen LogP contribution in [0.2, 0.25) is 0 Å². The number of amides is 2. The van der Waals surface area contributed by atoms with Crippen LogP contribution in [0.15, 0.2) is 18.2 Å². The summed E-state index contributed by atoms with van der Waals surface area (Å²) in [4.78, 5) is 22.7. The molecule has 0 aromatic heterocycles. The number of ether oxygens (including phenoxy) is 1. The second-order valence-electron chi connectivity index (χ2n) is 4.92. The summed E-state index contributed by atoms with van der Waals surface area (Å²) in [6, 6.07) is 3.90. The largest absolute Gasteiger partial charge is 0.491 e. The number of carbonyl (C=O) groups excluding carboxylic acids is 2. The summed E-state index contributed by atoms with van der Waals surface area (Å²) in [7, 11) is 0. The van der Waals surface area contributed by atoms with Crippen molar-refractivity contribution in [2.45, 2.75) is 12.8 Å². The van der Waals surface area contributed by atoms with Crippen molar-refractivity contribution >= 4 is 17.5 Å². The van der Waals surface area contributed by atoms with Crippen molar-refractivity contribution < 1.29 is 18.7 Å². The molecule has 1 fully saturated rings. The third-order valence-electron chi connectivity index (χ3n) is 3.02. The summed E-state index contributed by atoms with van der Waals surface area (Å²) in [5.74, 6) is -0.481. The van der Waals surface area contributed by atoms with Crippen LogP contribution in [-0.4, -0.2) is 31.5 Å². The fourth-order valence-electron chi connectivity index (χ4n) is 1.66. The van der Waals surface area contributed by atoms with Crippen LogP contribution in [0.5, 0.6) is 5.75 Å². The predicted molar refractivity (Wildman–Crippen MR) is 75.3 cm³/mol. The monoisotopic (exact) mass is 295 g/mol. The van der Waals surface area contributed by atoms with Gasteiger partial charge in [0, 0.05) is 6.07 Å². The Morgan fingerprint density at radius 1 is 1.33 bits per heavy atom. The number of carbonyl (C=O) groups is 2. The summed E-state index contributed by atoms with van der Waals surface area (Å²) in [6.45, 7) is 0.130. The summed E-state index contributed by atoms with van der Waals surface area (Å²) < 4.78 is 18.8. The molecule has 2 rings (SSSR count). The Morgan fingerprint density at radius 3 is 2.76 bits per heavy atom. The number of halogens is 1. The summed E-state index contributed by atoms with van der Waals surface area (Å²) >= 11 is 0. The third-order valence-corrected chi connectivity index (χ3v) is 3.02. The molecule has 7 heteroatoms. The van der Waals surface area contributed by atoms with Gasteiger partial charge in [0.25, 0.3) is 0 Å². The minimum absolute atomic E-state index is 0.181. The number of hydrogen-bond acceptors (Lipinski definition) is 4. The van der Waals surface area contributed by atoms with Gasteiger partial charge in [-0.25, -0.2) is 4.39 Å². The Morgan fingerprint density at radius 2 is 2.10 bits per heavy atom. The lowest BCUT2D eigenvalue weighted by Gasteiger charge is -2.12. The van der Waals surface area contributed by atoms with Crippen molar-refractivity contribution in [1.82, 2.24) is 5.32 Å². The van der Waals surface area contributed by atoms with Crippen LogP contribution in [0.3, 0.4) is 0 Å². The van der Waals surface area contributed by atoms with Crippen LogP contribution < -0.4 is 21.1 Å². The maximum absolute atomic E-state index is 13.3. The van der Waals surface area contributed by atoms with Gasteiger partial charge < -0.3 is 21.1 Å². The van der Waals surface area contributed by atoms with E-state index in [1.807, 2.05) is 0 Å². The van der Waals surface area contributed by atoms with Gasteiger partial charge in [0.1, 0.15) is 11.6 Å². The molecule has 21 heavy (non-hydrogen) atoms. The highest BCUT2D eigenvalue weighted by Crippen LogP contribution is 2.32. The smallest absolute Gasteiger partial charge is 0.243 e. The van der Waals surface area contributed by atoms with E-state index in [2.05, 4.69) is 10.6 Å². The molecule has 0 aliphatic heterocycles. The summed E-state index contributed by atoms with van der Waals surface area (Å²) in [5.41, 5.74) is 5.50. The predicted octanol–water partition coefficient (Wildman–Crippen LogP) is 0.628. The van der Waals surface area contributed by atoms with Crippen molar-refractivity contribution in [1.29, 1.82) is 0 Å². The minimum atomic E-state index is -0.435. The topological polar surface area (TPSA) is 93.5 Å². The maximum atomic E-state index is 13.3. The number of rotatable bonds is 7. The molecule has 0 heterocycles. The van der Waals surface area contributed by atoms with Gasteiger partial charge in [0.2, 0.25) is 11.8 Å². The number of nitrogens with two attached hydrogens (primary N) is 1. The van der Waals surface area contributed by atoms with Gasteiger partial charge in [0.15, 0.2) is 0 Å². The van der Waals surface area contributed by atoms with Crippen LogP contribution in [0.4, 0.5) is 10.1 Å². The van der Waals surface area contributed by atoms with Gasteiger partial charge in [-0.1, -0.05) is 0 Å². The number of benzene rings is 1. The molecule has 1 aliphatic carbocycles. The van der Waals surface area contributed by atoms with Crippen LogP contribution in [0, 0.1) is 11.7 Å². The molecule has 0 radical (unpaired) electrons. The van der Waals surface area contributed by atoms with E-state index in [4.69, 9.17) is 10.5 Å². The Kier molecular flexibility index (Phi) is 5.10. The van der Waals surface area contributed by atoms with Crippen molar-refractivity contribution in [2.24, 2.45) is 11.7 Å². The maximum Gasteiger partial charge on any atom is 0.243 e. The van der Waals surface area contributed by atoms with E-state index in [0.717, 1.165) is 12.8 Å². The zero-order chi connectivity index (χ0) is 15.2. The first-order chi connectivity index (χ1) is 10.1. The molecular formula is C14H18FN3O3. The molecule has 0 unspecified atom stereocenters. The average molecular weight is 295 g/mol. The first kappa shape index (κ1) is 15.2. The van der Waals surface area contributed by atoms with Crippen molar-refractivity contribution in [3.05, 3.63) is 24.0 Å². The van der Waals surface area contributed by atoms with E-state index in [9.17, 15) is 14.0 Å². The molecule has 0 spiro atoms. The second-order valence-corrected chi connectivity index (χ2v) is 4.92. The third kappa shape index (κ3) is 5.03. The van der Waals surface area contributed by atoms with E-state index in [-0.39, 0.29) is 13.1 Å². The van der Waals surface area contributed by atoms with Crippen molar-refractivity contribution in [3.8, 4) is 5.75 Å². The molecule has 0 bridgehead atoms. The Balaban J connectivity index is 1.93. The van der Waals surface area contributed by atoms with Gasteiger partial charge in [-0.15, -0.1) is 0 Å². The van der Waals surface area contributed by atoms with Crippen LogP contribution in [0.25, 0.3) is 0 Å². The van der Waals surface area contributed by atoms with Gasteiger partial charge in [-0.05, 0) is 30.9 Å². The SMILES string of the molecule is NCC(=O)NCC(=O)Nc1ccc(F)cc1OCC1CC1. The van der Waals surface area contributed by atoms with Crippen LogP contribution in [0.1, 0.15) is 12.8 Å². The molecule has 114 valence electrons. The fourth-order valence-corrected chi connectivity index (χ4v) is 1.66. The molecule has 0 atom stereocenters. The molecule has 0 saturated heterocycles. The van der Waals surface area contributed by atoms with E-state index < -0.39 is 17.6 Å². The number of nitrogens with one attached hydrogen (secondary N) is 2. The molecule has 1 aromatic rings. The lowest BCUT2D eigenvalue weighted by atomic mass is 10.2.